The molecule has 1 aromatic rings. The van der Waals surface area contributed by atoms with Crippen LogP contribution in [0.2, 0.25) is 0 Å². The first kappa shape index (κ1) is 27.1. The third kappa shape index (κ3) is 10.8. The molecule has 0 aliphatic heterocycles. The Balaban J connectivity index is 2.46. The van der Waals surface area contributed by atoms with Crippen LogP contribution in [0.3, 0.4) is 0 Å². The second-order valence-electron chi connectivity index (χ2n) is 8.61. The maximum atomic E-state index is 11.7. The number of unbranched alkanes of at least 4 members (excludes halogenated alkanes) is 13. The summed E-state index contributed by atoms with van der Waals surface area (Å²) in [6, 6.07) is 1.45. The Kier molecular flexibility index (Phi) is 14.6. The predicted molar refractivity (Wildman–Crippen MR) is 127 cm³/mol. The number of aryl methyl sites for hydroxylation is 1. The predicted octanol–water partition coefficient (Wildman–Crippen LogP) is 7.61. The Bertz CT molecular complexity index is 627. The molecule has 1 rings (SSSR count). The van der Waals surface area contributed by atoms with Crippen molar-refractivity contribution in [1.82, 2.24) is 0 Å². The van der Waals surface area contributed by atoms with Crippen molar-refractivity contribution >= 4 is 5.97 Å². The number of rotatable bonds is 19. The molecule has 3 N–H and O–H groups in total. The largest absolute Gasteiger partial charge is 0.504 e. The van der Waals surface area contributed by atoms with Gasteiger partial charge in [0.2, 0.25) is 0 Å². The maximum absolute atomic E-state index is 11.7. The van der Waals surface area contributed by atoms with Crippen LogP contribution >= 0.6 is 0 Å². The Morgan fingerprint density at radius 3 is 1.77 bits per heavy atom. The van der Waals surface area contributed by atoms with Crippen molar-refractivity contribution in [3.05, 3.63) is 17.2 Å². The average Bonchev–Trinajstić information content (AvgIpc) is 2.74. The van der Waals surface area contributed by atoms with Crippen LogP contribution in [0.25, 0.3) is 0 Å². The first-order valence-electron chi connectivity index (χ1n) is 12.5. The van der Waals surface area contributed by atoms with E-state index in [4.69, 9.17) is 4.74 Å². The van der Waals surface area contributed by atoms with Crippen LogP contribution in [-0.2, 0) is 6.42 Å². The molecule has 0 fully saturated rings. The van der Waals surface area contributed by atoms with Gasteiger partial charge < -0.3 is 20.1 Å². The summed E-state index contributed by atoms with van der Waals surface area (Å²) in [6.45, 7) is 4.80. The molecular weight excluding hydrogens is 392 g/mol. The van der Waals surface area contributed by atoms with Gasteiger partial charge in [0.05, 0.1) is 6.61 Å². The Labute approximate surface area is 188 Å². The highest BCUT2D eigenvalue weighted by Crippen LogP contribution is 2.40. The van der Waals surface area contributed by atoms with Crippen molar-refractivity contribution in [2.24, 2.45) is 0 Å². The lowest BCUT2D eigenvalue weighted by atomic mass is 10.0. The van der Waals surface area contributed by atoms with Crippen LogP contribution in [0.15, 0.2) is 6.07 Å². The molecule has 0 unspecified atom stereocenters. The topological polar surface area (TPSA) is 87.0 Å². The lowest BCUT2D eigenvalue weighted by Crippen LogP contribution is -2.08. The third-order valence-corrected chi connectivity index (χ3v) is 5.82. The van der Waals surface area contributed by atoms with E-state index in [9.17, 15) is 20.1 Å². The van der Waals surface area contributed by atoms with Gasteiger partial charge in [0, 0.05) is 0 Å². The molecule has 5 heteroatoms. The molecule has 0 heterocycles. The van der Waals surface area contributed by atoms with Crippen LogP contribution in [0.4, 0.5) is 0 Å². The van der Waals surface area contributed by atoms with Gasteiger partial charge in [-0.3, -0.25) is 0 Å². The van der Waals surface area contributed by atoms with E-state index < -0.39 is 17.5 Å². The minimum atomic E-state index is -1.28. The number of phenolic OH excluding ortho intramolecular Hbond substituents is 1. The minimum Gasteiger partial charge on any atom is -0.504 e. The van der Waals surface area contributed by atoms with Crippen LogP contribution in [-0.4, -0.2) is 27.9 Å². The van der Waals surface area contributed by atoms with Gasteiger partial charge in [0.1, 0.15) is 11.3 Å². The van der Waals surface area contributed by atoms with Crippen LogP contribution in [0.5, 0.6) is 17.2 Å². The number of carboxylic acids is 1. The highest BCUT2D eigenvalue weighted by atomic mass is 16.5. The van der Waals surface area contributed by atoms with Gasteiger partial charge in [-0.25, -0.2) is 4.79 Å². The van der Waals surface area contributed by atoms with Crippen molar-refractivity contribution in [3.63, 3.8) is 0 Å². The van der Waals surface area contributed by atoms with Crippen LogP contribution < -0.4 is 4.74 Å². The molecule has 0 aromatic heterocycles. The molecule has 0 aliphatic rings. The lowest BCUT2D eigenvalue weighted by Gasteiger charge is -2.16. The van der Waals surface area contributed by atoms with E-state index in [1.165, 1.54) is 57.4 Å². The summed E-state index contributed by atoms with van der Waals surface area (Å²) in [5.41, 5.74) is 0.334. The maximum Gasteiger partial charge on any atom is 0.343 e. The smallest absolute Gasteiger partial charge is 0.343 e. The molecule has 0 aliphatic carbocycles. The zero-order valence-electron chi connectivity index (χ0n) is 19.8. The summed E-state index contributed by atoms with van der Waals surface area (Å²) < 4.78 is 5.85. The fourth-order valence-corrected chi connectivity index (χ4v) is 3.93. The number of aromatic carboxylic acids is 1. The Hall–Kier alpha value is -1.91. The fourth-order valence-electron chi connectivity index (χ4n) is 3.93. The van der Waals surface area contributed by atoms with Gasteiger partial charge in [-0.05, 0) is 30.9 Å². The second kappa shape index (κ2) is 16.7. The summed E-state index contributed by atoms with van der Waals surface area (Å²) in [4.78, 5) is 11.7. The van der Waals surface area contributed by atoms with E-state index in [1.807, 2.05) is 0 Å². The van der Waals surface area contributed by atoms with Crippen molar-refractivity contribution < 1.29 is 24.9 Å². The van der Waals surface area contributed by atoms with Gasteiger partial charge in [-0.15, -0.1) is 0 Å². The Morgan fingerprint density at radius 2 is 1.26 bits per heavy atom. The molecule has 0 saturated heterocycles. The van der Waals surface area contributed by atoms with Gasteiger partial charge in [-0.1, -0.05) is 97.3 Å². The zero-order chi connectivity index (χ0) is 22.9. The number of carboxylic acid groups (broad SMARTS) is 1. The number of aromatic hydroxyl groups is 2. The molecule has 0 amide bonds. The second-order valence-corrected chi connectivity index (χ2v) is 8.61. The highest BCUT2D eigenvalue weighted by Gasteiger charge is 2.24. The summed E-state index contributed by atoms with van der Waals surface area (Å²) in [7, 11) is 0. The van der Waals surface area contributed by atoms with Gasteiger partial charge >= 0.3 is 5.97 Å². The molecule has 0 atom stereocenters. The van der Waals surface area contributed by atoms with E-state index in [1.54, 1.807) is 0 Å². The van der Waals surface area contributed by atoms with Gasteiger partial charge in [0.25, 0.3) is 0 Å². The van der Waals surface area contributed by atoms with Crippen molar-refractivity contribution in [2.75, 3.05) is 6.61 Å². The van der Waals surface area contributed by atoms with E-state index in [0.717, 1.165) is 44.9 Å². The first-order valence-corrected chi connectivity index (χ1v) is 12.5. The van der Waals surface area contributed by atoms with Crippen LogP contribution in [0, 0.1) is 0 Å². The number of hydrogen-bond acceptors (Lipinski definition) is 4. The number of carbonyl (C=O) groups is 1. The van der Waals surface area contributed by atoms with E-state index >= 15 is 0 Å². The first-order chi connectivity index (χ1) is 15.0. The average molecular weight is 437 g/mol. The zero-order valence-corrected chi connectivity index (χ0v) is 19.8. The molecule has 0 radical (unpaired) electrons. The molecule has 178 valence electrons. The highest BCUT2D eigenvalue weighted by molar-refractivity contribution is 5.95. The lowest BCUT2D eigenvalue weighted by molar-refractivity contribution is 0.0687. The SMILES string of the molecule is CCCCCCCCCCCCCOc1c(CCCCCC)cc(O)c(O)c1C(=O)O. The number of benzene rings is 1. The van der Waals surface area contributed by atoms with Crippen molar-refractivity contribution in [1.29, 1.82) is 0 Å². The normalized spacial score (nSPS) is 11.0. The van der Waals surface area contributed by atoms with Crippen LogP contribution in [0.1, 0.15) is 126 Å². The quantitative estimate of drug-likeness (QED) is 0.153. The summed E-state index contributed by atoms with van der Waals surface area (Å²) in [6.07, 6.45) is 18.4. The molecule has 0 saturated carbocycles. The number of ether oxygens (including phenoxy) is 1. The summed E-state index contributed by atoms with van der Waals surface area (Å²) in [5.74, 6) is -2.08. The molecule has 0 spiro atoms. The number of phenols is 2. The summed E-state index contributed by atoms with van der Waals surface area (Å²) in [5, 5.41) is 29.6. The van der Waals surface area contributed by atoms with Crippen molar-refractivity contribution in [2.45, 2.75) is 117 Å². The number of hydrogen-bond donors (Lipinski definition) is 3. The Morgan fingerprint density at radius 1 is 0.774 bits per heavy atom. The monoisotopic (exact) mass is 436 g/mol. The fraction of sp³-hybridized carbons (Fsp3) is 0.731. The molecule has 5 nitrogen and oxygen atoms in total. The standard InChI is InChI=1S/C26H44O5/c1-3-5-7-9-10-11-12-13-14-15-17-19-31-25-21(18-16-8-6-4-2)20-22(27)24(28)23(25)26(29)30/h20,27-28H,3-19H2,1-2H3,(H,29,30). The molecule has 31 heavy (non-hydrogen) atoms. The third-order valence-electron chi connectivity index (χ3n) is 5.82. The molecular formula is C26H44O5. The molecule has 0 bridgehead atoms. The van der Waals surface area contributed by atoms with Gasteiger partial charge in [0.15, 0.2) is 11.5 Å². The van der Waals surface area contributed by atoms with Crippen molar-refractivity contribution in [3.8, 4) is 17.2 Å². The van der Waals surface area contributed by atoms with E-state index in [-0.39, 0.29) is 11.3 Å². The minimum absolute atomic E-state index is 0.214. The molecule has 1 aromatic carbocycles. The van der Waals surface area contributed by atoms with Gasteiger partial charge in [-0.2, -0.15) is 0 Å². The van der Waals surface area contributed by atoms with E-state index in [2.05, 4.69) is 13.8 Å². The van der Waals surface area contributed by atoms with E-state index in [0.29, 0.717) is 18.6 Å². The summed E-state index contributed by atoms with van der Waals surface area (Å²) >= 11 is 0.